The quantitative estimate of drug-likeness (QED) is 0.811. The van der Waals surface area contributed by atoms with Crippen LogP contribution in [0, 0.1) is 0 Å². The van der Waals surface area contributed by atoms with Gasteiger partial charge in [0.15, 0.2) is 6.29 Å². The van der Waals surface area contributed by atoms with Crippen molar-refractivity contribution in [3.05, 3.63) is 63.7 Å². The van der Waals surface area contributed by atoms with Crippen molar-refractivity contribution in [1.82, 2.24) is 0 Å². The number of carboxylic acid groups (broad SMARTS) is 1. The Morgan fingerprint density at radius 1 is 1.19 bits per heavy atom. The van der Waals surface area contributed by atoms with Gasteiger partial charge >= 0.3 is 5.97 Å². The summed E-state index contributed by atoms with van der Waals surface area (Å²) in [4.78, 5) is 23.8. The van der Waals surface area contributed by atoms with Crippen LogP contribution < -0.4 is 10.2 Å². The molecule has 1 aromatic heterocycles. The highest BCUT2D eigenvalue weighted by molar-refractivity contribution is 5.87. The molecule has 3 rings (SSSR count). The first-order chi connectivity index (χ1) is 12.6. The summed E-state index contributed by atoms with van der Waals surface area (Å²) in [5.41, 5.74) is 0.248. The van der Waals surface area contributed by atoms with E-state index in [4.69, 9.17) is 18.6 Å². The third-order valence-electron chi connectivity index (χ3n) is 3.92. The van der Waals surface area contributed by atoms with Crippen molar-refractivity contribution in [2.75, 3.05) is 6.61 Å². The Kier molecular flexibility index (Phi) is 6.04. The highest BCUT2D eigenvalue weighted by Crippen LogP contribution is 2.20. The molecule has 2 aromatic rings. The molecule has 0 radical (unpaired) electrons. The number of carboxylic acids is 1. The van der Waals surface area contributed by atoms with Crippen LogP contribution >= 0.6 is 0 Å². The fourth-order valence-corrected chi connectivity index (χ4v) is 2.63. The molecule has 0 saturated carbocycles. The Bertz CT molecular complexity index is 791. The average molecular weight is 360 g/mol. The lowest BCUT2D eigenvalue weighted by molar-refractivity contribution is -0.171. The minimum absolute atomic E-state index is 0.0425. The lowest BCUT2D eigenvalue weighted by Crippen LogP contribution is -2.22. The van der Waals surface area contributed by atoms with E-state index in [1.165, 1.54) is 6.07 Å². The molecule has 7 heteroatoms. The molecule has 26 heavy (non-hydrogen) atoms. The Labute approximate surface area is 150 Å². The van der Waals surface area contributed by atoms with E-state index in [-0.39, 0.29) is 31.0 Å². The third kappa shape index (κ3) is 4.71. The van der Waals surface area contributed by atoms with Gasteiger partial charge in [-0.15, -0.1) is 0 Å². The molecule has 1 fully saturated rings. The van der Waals surface area contributed by atoms with Crippen molar-refractivity contribution in [1.29, 1.82) is 0 Å². The van der Waals surface area contributed by atoms with Gasteiger partial charge in [-0.3, -0.25) is 4.79 Å². The van der Waals surface area contributed by atoms with Crippen molar-refractivity contribution in [2.24, 2.45) is 0 Å². The van der Waals surface area contributed by atoms with E-state index in [1.807, 2.05) is 30.3 Å². The smallest absolute Gasteiger partial charge is 0.375 e. The average Bonchev–Trinajstić information content (AvgIpc) is 2.66. The standard InChI is InChI=1S/C19H20O7/c20-15-10-14(12-24-16-8-4-5-9-23-16)26-18(19(21)22)17(15)25-11-13-6-2-1-3-7-13/h1-3,6-7,10,16H,4-5,8-9,11-12H2,(H,21,22)/t16-/m1/s1. The number of ether oxygens (including phenoxy) is 3. The van der Waals surface area contributed by atoms with Crippen molar-refractivity contribution in [2.45, 2.75) is 38.8 Å². The Morgan fingerprint density at radius 3 is 2.69 bits per heavy atom. The van der Waals surface area contributed by atoms with Gasteiger partial charge in [-0.2, -0.15) is 0 Å². The van der Waals surface area contributed by atoms with Crippen molar-refractivity contribution in [3.63, 3.8) is 0 Å². The second-order valence-corrected chi connectivity index (χ2v) is 5.92. The molecule has 7 nitrogen and oxygen atoms in total. The molecule has 0 bridgehead atoms. The van der Waals surface area contributed by atoms with Crippen molar-refractivity contribution in [3.8, 4) is 5.75 Å². The maximum atomic E-state index is 12.3. The number of carbonyl (C=O) groups is 1. The summed E-state index contributed by atoms with van der Waals surface area (Å²) in [5.74, 6) is -2.11. The Hall–Kier alpha value is -2.64. The predicted octanol–water partition coefficient (Wildman–Crippen LogP) is 2.96. The van der Waals surface area contributed by atoms with Crippen LogP contribution in [-0.2, 0) is 22.7 Å². The zero-order chi connectivity index (χ0) is 18.4. The van der Waals surface area contributed by atoms with Crippen LogP contribution in [0.25, 0.3) is 0 Å². The second-order valence-electron chi connectivity index (χ2n) is 5.92. The van der Waals surface area contributed by atoms with Gasteiger partial charge in [0.05, 0.1) is 0 Å². The largest absolute Gasteiger partial charge is 0.481 e. The monoisotopic (exact) mass is 360 g/mol. The summed E-state index contributed by atoms with van der Waals surface area (Å²) in [7, 11) is 0. The van der Waals surface area contributed by atoms with Gasteiger partial charge in [0, 0.05) is 12.7 Å². The maximum absolute atomic E-state index is 12.3. The Morgan fingerprint density at radius 2 is 2.00 bits per heavy atom. The molecule has 1 aromatic carbocycles. The molecule has 0 unspecified atom stereocenters. The molecule has 0 spiro atoms. The molecule has 1 saturated heterocycles. The summed E-state index contributed by atoms with van der Waals surface area (Å²) in [6.07, 6.45) is 2.39. The van der Waals surface area contributed by atoms with E-state index in [2.05, 4.69) is 0 Å². The van der Waals surface area contributed by atoms with E-state index in [9.17, 15) is 14.7 Å². The molecule has 138 valence electrons. The number of aromatic carboxylic acids is 1. The number of hydrogen-bond donors (Lipinski definition) is 1. The summed E-state index contributed by atoms with van der Waals surface area (Å²) in [5, 5.41) is 9.35. The van der Waals surface area contributed by atoms with Crippen LogP contribution in [0.1, 0.15) is 41.1 Å². The first-order valence-electron chi connectivity index (χ1n) is 8.44. The van der Waals surface area contributed by atoms with Gasteiger partial charge in [0.2, 0.25) is 11.2 Å². The number of benzene rings is 1. The van der Waals surface area contributed by atoms with Crippen LogP contribution in [0.2, 0.25) is 0 Å². The SMILES string of the molecule is O=C(O)c1oc(CO[C@@H]2CCCCO2)cc(=O)c1OCc1ccccc1. The predicted molar refractivity (Wildman–Crippen MR) is 91.1 cm³/mol. The van der Waals surface area contributed by atoms with Crippen LogP contribution in [0.5, 0.6) is 5.75 Å². The normalized spacial score (nSPS) is 17.0. The van der Waals surface area contributed by atoms with Gasteiger partial charge in [-0.25, -0.2) is 4.79 Å². The lowest BCUT2D eigenvalue weighted by Gasteiger charge is -2.22. The first-order valence-corrected chi connectivity index (χ1v) is 8.44. The molecule has 1 N–H and O–H groups in total. The summed E-state index contributed by atoms with van der Waals surface area (Å²) in [6, 6.07) is 10.3. The Balaban J connectivity index is 1.72. The highest BCUT2D eigenvalue weighted by atomic mass is 16.7. The van der Waals surface area contributed by atoms with Gasteiger partial charge in [0.25, 0.3) is 5.76 Å². The third-order valence-corrected chi connectivity index (χ3v) is 3.92. The maximum Gasteiger partial charge on any atom is 0.375 e. The van der Waals surface area contributed by atoms with Gasteiger partial charge in [0.1, 0.15) is 19.0 Å². The molecule has 2 heterocycles. The summed E-state index contributed by atoms with van der Waals surface area (Å²) >= 11 is 0. The molecule has 0 aliphatic carbocycles. The lowest BCUT2D eigenvalue weighted by atomic mass is 10.2. The first kappa shape index (κ1) is 18.2. The van der Waals surface area contributed by atoms with Gasteiger partial charge < -0.3 is 23.7 Å². The van der Waals surface area contributed by atoms with E-state index in [0.29, 0.717) is 6.61 Å². The molecular formula is C19H20O7. The van der Waals surface area contributed by atoms with Crippen LogP contribution in [0.15, 0.2) is 45.6 Å². The van der Waals surface area contributed by atoms with Crippen molar-refractivity contribution >= 4 is 5.97 Å². The minimum atomic E-state index is -1.37. The molecule has 0 amide bonds. The highest BCUT2D eigenvalue weighted by Gasteiger charge is 2.21. The number of hydrogen-bond acceptors (Lipinski definition) is 6. The number of rotatable bonds is 7. The zero-order valence-corrected chi connectivity index (χ0v) is 14.2. The fraction of sp³-hybridized carbons (Fsp3) is 0.368. The minimum Gasteiger partial charge on any atom is -0.481 e. The fourth-order valence-electron chi connectivity index (χ4n) is 2.63. The molecule has 1 atom stereocenters. The topological polar surface area (TPSA) is 95.2 Å². The zero-order valence-electron chi connectivity index (χ0n) is 14.2. The van der Waals surface area contributed by atoms with E-state index >= 15 is 0 Å². The molecule has 1 aliphatic heterocycles. The van der Waals surface area contributed by atoms with Crippen LogP contribution in [0.3, 0.4) is 0 Å². The van der Waals surface area contributed by atoms with Crippen molar-refractivity contribution < 1.29 is 28.5 Å². The van der Waals surface area contributed by atoms with Crippen LogP contribution in [-0.4, -0.2) is 24.0 Å². The van der Waals surface area contributed by atoms with Gasteiger partial charge in [-0.1, -0.05) is 30.3 Å². The second kappa shape index (κ2) is 8.64. The molecule has 1 aliphatic rings. The summed E-state index contributed by atoms with van der Waals surface area (Å²) in [6.45, 7) is 0.651. The van der Waals surface area contributed by atoms with E-state index in [1.54, 1.807) is 0 Å². The van der Waals surface area contributed by atoms with Gasteiger partial charge in [-0.05, 0) is 24.8 Å². The van der Waals surface area contributed by atoms with E-state index < -0.39 is 17.2 Å². The molecular weight excluding hydrogens is 340 g/mol. The van der Waals surface area contributed by atoms with Crippen LogP contribution in [0.4, 0.5) is 0 Å². The summed E-state index contributed by atoms with van der Waals surface area (Å²) < 4.78 is 21.7. The van der Waals surface area contributed by atoms with E-state index in [0.717, 1.165) is 24.8 Å².